The lowest BCUT2D eigenvalue weighted by Gasteiger charge is -2.07. The summed E-state index contributed by atoms with van der Waals surface area (Å²) < 4.78 is 19.2. The van der Waals surface area contributed by atoms with Crippen LogP contribution >= 0.6 is 15.9 Å². The second-order valence-corrected chi connectivity index (χ2v) is 4.12. The Kier molecular flexibility index (Phi) is 3.19. The number of benzene rings is 1. The molecule has 1 aromatic heterocycles. The molecule has 1 aromatic carbocycles. The Hall–Kier alpha value is -1.42. The lowest BCUT2D eigenvalue weighted by molar-refractivity contribution is 0.453. The summed E-state index contributed by atoms with van der Waals surface area (Å²) in [6, 6.07) is 9.73. The zero-order valence-corrected chi connectivity index (χ0v) is 10.2. The van der Waals surface area contributed by atoms with Crippen LogP contribution in [-0.2, 0) is 0 Å². The standard InChI is InChI=1S/C12H9BrFNO/c1-8-5-6-9(14)7-10(8)16-12-4-2-3-11(13)15-12/h2-7H,1H3. The van der Waals surface area contributed by atoms with Gasteiger partial charge >= 0.3 is 0 Å². The highest BCUT2D eigenvalue weighted by Crippen LogP contribution is 2.25. The Balaban J connectivity index is 2.30. The summed E-state index contributed by atoms with van der Waals surface area (Å²) in [7, 11) is 0. The zero-order chi connectivity index (χ0) is 11.5. The van der Waals surface area contributed by atoms with Crippen LogP contribution in [0, 0.1) is 12.7 Å². The van der Waals surface area contributed by atoms with E-state index in [0.29, 0.717) is 16.2 Å². The summed E-state index contributed by atoms with van der Waals surface area (Å²) in [5.41, 5.74) is 0.864. The molecule has 0 unspecified atom stereocenters. The van der Waals surface area contributed by atoms with Crippen LogP contribution in [0.2, 0.25) is 0 Å². The lowest BCUT2D eigenvalue weighted by Crippen LogP contribution is -1.91. The van der Waals surface area contributed by atoms with Crippen LogP contribution in [-0.4, -0.2) is 4.98 Å². The Morgan fingerprint density at radius 2 is 2.06 bits per heavy atom. The normalized spacial score (nSPS) is 10.2. The maximum absolute atomic E-state index is 13.0. The maximum Gasteiger partial charge on any atom is 0.220 e. The van der Waals surface area contributed by atoms with Crippen molar-refractivity contribution in [2.45, 2.75) is 6.92 Å². The largest absolute Gasteiger partial charge is 0.439 e. The van der Waals surface area contributed by atoms with Crippen LogP contribution in [0.1, 0.15) is 5.56 Å². The molecule has 16 heavy (non-hydrogen) atoms. The highest BCUT2D eigenvalue weighted by atomic mass is 79.9. The van der Waals surface area contributed by atoms with Gasteiger partial charge in [-0.3, -0.25) is 0 Å². The van der Waals surface area contributed by atoms with E-state index in [2.05, 4.69) is 20.9 Å². The SMILES string of the molecule is Cc1ccc(F)cc1Oc1cccc(Br)n1. The van der Waals surface area contributed by atoms with Gasteiger partial charge in [0.05, 0.1) is 0 Å². The fourth-order valence-corrected chi connectivity index (χ4v) is 1.57. The van der Waals surface area contributed by atoms with Crippen molar-refractivity contribution in [3.05, 3.63) is 52.4 Å². The van der Waals surface area contributed by atoms with Gasteiger partial charge in [-0.05, 0) is 40.5 Å². The number of rotatable bonds is 2. The molecule has 0 saturated heterocycles. The van der Waals surface area contributed by atoms with Gasteiger partial charge in [0, 0.05) is 12.1 Å². The Morgan fingerprint density at radius 1 is 1.25 bits per heavy atom. The lowest BCUT2D eigenvalue weighted by atomic mass is 10.2. The van der Waals surface area contributed by atoms with Crippen molar-refractivity contribution < 1.29 is 9.13 Å². The molecule has 0 aliphatic rings. The van der Waals surface area contributed by atoms with Gasteiger partial charge in [0.2, 0.25) is 5.88 Å². The first-order valence-electron chi connectivity index (χ1n) is 4.72. The van der Waals surface area contributed by atoms with Gasteiger partial charge in [-0.1, -0.05) is 12.1 Å². The van der Waals surface area contributed by atoms with Crippen molar-refractivity contribution in [1.82, 2.24) is 4.98 Å². The summed E-state index contributed by atoms with van der Waals surface area (Å²) in [6.07, 6.45) is 0. The van der Waals surface area contributed by atoms with E-state index >= 15 is 0 Å². The van der Waals surface area contributed by atoms with E-state index in [1.807, 2.05) is 6.92 Å². The van der Waals surface area contributed by atoms with Crippen molar-refractivity contribution in [2.24, 2.45) is 0 Å². The number of halogens is 2. The number of hydrogen-bond donors (Lipinski definition) is 0. The fourth-order valence-electron chi connectivity index (χ4n) is 1.24. The van der Waals surface area contributed by atoms with Crippen LogP contribution in [0.15, 0.2) is 41.0 Å². The molecule has 0 N–H and O–H groups in total. The minimum atomic E-state index is -0.324. The number of hydrogen-bond acceptors (Lipinski definition) is 2. The number of aromatic nitrogens is 1. The molecule has 0 saturated carbocycles. The molecule has 0 radical (unpaired) electrons. The fraction of sp³-hybridized carbons (Fsp3) is 0.0833. The van der Waals surface area contributed by atoms with E-state index in [1.54, 1.807) is 24.3 Å². The summed E-state index contributed by atoms with van der Waals surface area (Å²) in [6.45, 7) is 1.85. The average molecular weight is 282 g/mol. The Bertz CT molecular complexity index is 516. The van der Waals surface area contributed by atoms with Crippen LogP contribution in [0.5, 0.6) is 11.6 Å². The average Bonchev–Trinajstić information content (AvgIpc) is 2.24. The smallest absolute Gasteiger partial charge is 0.220 e. The van der Waals surface area contributed by atoms with E-state index in [1.165, 1.54) is 12.1 Å². The molecule has 4 heteroatoms. The molecule has 2 rings (SSSR count). The summed E-state index contributed by atoms with van der Waals surface area (Å²) in [5.74, 6) is 0.587. The third-order valence-electron chi connectivity index (χ3n) is 2.05. The molecular formula is C12H9BrFNO. The molecular weight excluding hydrogens is 273 g/mol. The highest BCUT2D eigenvalue weighted by molar-refractivity contribution is 9.10. The van der Waals surface area contributed by atoms with Crippen molar-refractivity contribution in [2.75, 3.05) is 0 Å². The zero-order valence-electron chi connectivity index (χ0n) is 8.58. The third kappa shape index (κ3) is 2.58. The van der Waals surface area contributed by atoms with Crippen LogP contribution < -0.4 is 4.74 Å². The molecule has 2 aromatic rings. The second kappa shape index (κ2) is 4.61. The second-order valence-electron chi connectivity index (χ2n) is 3.31. The molecule has 2 nitrogen and oxygen atoms in total. The Labute approximate surface area is 101 Å². The van der Waals surface area contributed by atoms with Gasteiger partial charge in [-0.25, -0.2) is 9.37 Å². The topological polar surface area (TPSA) is 22.1 Å². The van der Waals surface area contributed by atoms with Gasteiger partial charge < -0.3 is 4.74 Å². The molecule has 0 amide bonds. The van der Waals surface area contributed by atoms with Gasteiger partial charge in [-0.2, -0.15) is 0 Å². The predicted octanol–water partition coefficient (Wildman–Crippen LogP) is 4.08. The first-order chi connectivity index (χ1) is 7.65. The summed E-state index contributed by atoms with van der Waals surface area (Å²) >= 11 is 3.24. The van der Waals surface area contributed by atoms with Crippen molar-refractivity contribution >= 4 is 15.9 Å². The van der Waals surface area contributed by atoms with Crippen LogP contribution in [0.25, 0.3) is 0 Å². The molecule has 82 valence electrons. The van der Waals surface area contributed by atoms with E-state index in [9.17, 15) is 4.39 Å². The van der Waals surface area contributed by atoms with E-state index in [4.69, 9.17) is 4.74 Å². The maximum atomic E-state index is 13.0. The van der Waals surface area contributed by atoms with Crippen molar-refractivity contribution in [3.63, 3.8) is 0 Å². The first kappa shape index (κ1) is 11.1. The van der Waals surface area contributed by atoms with E-state index < -0.39 is 0 Å². The van der Waals surface area contributed by atoms with Crippen LogP contribution in [0.4, 0.5) is 4.39 Å². The van der Waals surface area contributed by atoms with Gasteiger partial charge in [0.15, 0.2) is 0 Å². The quantitative estimate of drug-likeness (QED) is 0.774. The van der Waals surface area contributed by atoms with Gasteiger partial charge in [0.25, 0.3) is 0 Å². The van der Waals surface area contributed by atoms with E-state index in [0.717, 1.165) is 5.56 Å². The minimum Gasteiger partial charge on any atom is -0.439 e. The van der Waals surface area contributed by atoms with Crippen molar-refractivity contribution in [1.29, 1.82) is 0 Å². The molecule has 0 bridgehead atoms. The monoisotopic (exact) mass is 281 g/mol. The number of nitrogens with zero attached hydrogens (tertiary/aromatic N) is 1. The summed E-state index contributed by atoms with van der Waals surface area (Å²) in [5, 5.41) is 0. The van der Waals surface area contributed by atoms with Gasteiger partial charge in [0.1, 0.15) is 16.2 Å². The number of ether oxygens (including phenoxy) is 1. The van der Waals surface area contributed by atoms with E-state index in [-0.39, 0.29) is 5.82 Å². The molecule has 0 spiro atoms. The molecule has 0 aliphatic heterocycles. The van der Waals surface area contributed by atoms with Crippen LogP contribution in [0.3, 0.4) is 0 Å². The van der Waals surface area contributed by atoms with Crippen molar-refractivity contribution in [3.8, 4) is 11.6 Å². The molecule has 0 atom stereocenters. The number of aryl methyl sites for hydroxylation is 1. The molecule has 1 heterocycles. The molecule has 0 aliphatic carbocycles. The Morgan fingerprint density at radius 3 is 2.81 bits per heavy atom. The molecule has 0 fully saturated rings. The highest BCUT2D eigenvalue weighted by Gasteiger charge is 2.04. The number of pyridine rings is 1. The summed E-state index contributed by atoms with van der Waals surface area (Å²) in [4.78, 5) is 4.11. The first-order valence-corrected chi connectivity index (χ1v) is 5.51. The van der Waals surface area contributed by atoms with Gasteiger partial charge in [-0.15, -0.1) is 0 Å². The predicted molar refractivity (Wildman–Crippen MR) is 63.1 cm³/mol. The third-order valence-corrected chi connectivity index (χ3v) is 2.50. The minimum absolute atomic E-state index is 0.324.